The lowest BCUT2D eigenvalue weighted by atomic mass is 10.1. The Kier molecular flexibility index (Phi) is 3.23. The fourth-order valence-corrected chi connectivity index (χ4v) is 2.60. The average Bonchev–Trinajstić information content (AvgIpc) is 3.01. The molecule has 0 fully saturated rings. The highest BCUT2D eigenvalue weighted by Gasteiger charge is 2.19. The van der Waals surface area contributed by atoms with E-state index >= 15 is 0 Å². The number of imidazole rings is 1. The summed E-state index contributed by atoms with van der Waals surface area (Å²) in [6.45, 7) is 2.86. The zero-order valence-electron chi connectivity index (χ0n) is 11.4. The lowest BCUT2D eigenvalue weighted by Crippen LogP contribution is -2.17. The van der Waals surface area contributed by atoms with Gasteiger partial charge in [-0.05, 0) is 25.1 Å². The second kappa shape index (κ2) is 4.92. The normalized spacial score (nSPS) is 13.0. The van der Waals surface area contributed by atoms with Crippen molar-refractivity contribution in [2.45, 2.75) is 19.5 Å². The number of hydrogen-bond donors (Lipinski definition) is 1. The van der Waals surface area contributed by atoms with Gasteiger partial charge in [0.1, 0.15) is 5.82 Å². The molecule has 0 amide bonds. The molecule has 6 heteroatoms. The van der Waals surface area contributed by atoms with Crippen LogP contribution >= 0.6 is 11.6 Å². The quantitative estimate of drug-likeness (QED) is 0.806. The molecule has 2 heterocycles. The van der Waals surface area contributed by atoms with Gasteiger partial charge in [-0.1, -0.05) is 11.6 Å². The Morgan fingerprint density at radius 2 is 2.20 bits per heavy atom. The van der Waals surface area contributed by atoms with E-state index in [0.29, 0.717) is 5.02 Å². The van der Waals surface area contributed by atoms with Gasteiger partial charge in [0.2, 0.25) is 0 Å². The van der Waals surface area contributed by atoms with Crippen molar-refractivity contribution in [1.29, 1.82) is 0 Å². The molecule has 0 radical (unpaired) electrons. The Morgan fingerprint density at radius 1 is 1.40 bits per heavy atom. The molecule has 1 aromatic carbocycles. The molecule has 3 rings (SSSR count). The molecule has 5 nitrogen and oxygen atoms in total. The predicted molar refractivity (Wildman–Crippen MR) is 79.7 cm³/mol. The van der Waals surface area contributed by atoms with Gasteiger partial charge in [-0.15, -0.1) is 0 Å². The van der Waals surface area contributed by atoms with Crippen molar-refractivity contribution >= 4 is 22.6 Å². The number of nitrogens with two attached hydrogens (primary N) is 1. The SMILES string of the molecule is CCn1c(C(N)c2cnn(C)c2)nc2ccc(Cl)cc21. The third kappa shape index (κ3) is 2.09. The molecule has 104 valence electrons. The number of rotatable bonds is 3. The minimum atomic E-state index is -0.296. The Labute approximate surface area is 122 Å². The minimum Gasteiger partial charge on any atom is -0.327 e. The fraction of sp³-hybridized carbons (Fsp3) is 0.286. The van der Waals surface area contributed by atoms with Crippen LogP contribution in [0.25, 0.3) is 11.0 Å². The number of nitrogens with zero attached hydrogens (tertiary/aromatic N) is 4. The summed E-state index contributed by atoms with van der Waals surface area (Å²) in [5.74, 6) is 0.831. The monoisotopic (exact) mass is 289 g/mol. The molecule has 0 bridgehead atoms. The number of fused-ring (bicyclic) bond motifs is 1. The highest BCUT2D eigenvalue weighted by molar-refractivity contribution is 6.31. The van der Waals surface area contributed by atoms with Crippen LogP contribution in [0, 0.1) is 0 Å². The van der Waals surface area contributed by atoms with Gasteiger partial charge in [-0.25, -0.2) is 4.98 Å². The molecular weight excluding hydrogens is 274 g/mol. The smallest absolute Gasteiger partial charge is 0.131 e. The second-order valence-corrected chi connectivity index (χ2v) is 5.21. The maximum Gasteiger partial charge on any atom is 0.131 e. The van der Waals surface area contributed by atoms with E-state index in [1.54, 1.807) is 10.9 Å². The summed E-state index contributed by atoms with van der Waals surface area (Å²) in [6.07, 6.45) is 3.69. The van der Waals surface area contributed by atoms with Crippen LogP contribution in [0.4, 0.5) is 0 Å². The van der Waals surface area contributed by atoms with Crippen LogP contribution < -0.4 is 5.73 Å². The van der Waals surface area contributed by atoms with E-state index in [2.05, 4.69) is 21.6 Å². The zero-order valence-corrected chi connectivity index (χ0v) is 12.2. The summed E-state index contributed by atoms with van der Waals surface area (Å²) in [7, 11) is 1.87. The van der Waals surface area contributed by atoms with Crippen molar-refractivity contribution < 1.29 is 0 Å². The van der Waals surface area contributed by atoms with Crippen LogP contribution in [-0.4, -0.2) is 19.3 Å². The molecule has 3 aromatic rings. The van der Waals surface area contributed by atoms with Crippen molar-refractivity contribution in [3.63, 3.8) is 0 Å². The number of hydrogen-bond acceptors (Lipinski definition) is 3. The van der Waals surface area contributed by atoms with Gasteiger partial charge in [0.15, 0.2) is 0 Å². The standard InChI is InChI=1S/C14H16ClN5/c1-3-20-12-6-10(15)4-5-11(12)18-14(20)13(16)9-7-17-19(2)8-9/h4-8,13H,3,16H2,1-2H3. The van der Waals surface area contributed by atoms with Crippen molar-refractivity contribution in [2.24, 2.45) is 12.8 Å². The highest BCUT2D eigenvalue weighted by atomic mass is 35.5. The predicted octanol–water partition coefficient (Wildman–Crippen LogP) is 2.49. The van der Waals surface area contributed by atoms with E-state index in [1.165, 1.54) is 0 Å². The van der Waals surface area contributed by atoms with Gasteiger partial charge < -0.3 is 10.3 Å². The lowest BCUT2D eigenvalue weighted by Gasteiger charge is -2.11. The number of aryl methyl sites for hydroxylation is 2. The first-order valence-corrected chi connectivity index (χ1v) is 6.87. The average molecular weight is 290 g/mol. The number of aromatic nitrogens is 4. The zero-order chi connectivity index (χ0) is 14.3. The van der Waals surface area contributed by atoms with Crippen LogP contribution in [0.3, 0.4) is 0 Å². The van der Waals surface area contributed by atoms with Crippen LogP contribution in [0.15, 0.2) is 30.6 Å². The van der Waals surface area contributed by atoms with Gasteiger partial charge >= 0.3 is 0 Å². The molecular formula is C14H16ClN5. The van der Waals surface area contributed by atoms with Crippen molar-refractivity contribution in [3.05, 3.63) is 47.0 Å². The van der Waals surface area contributed by atoms with Crippen molar-refractivity contribution in [3.8, 4) is 0 Å². The van der Waals surface area contributed by atoms with E-state index in [0.717, 1.165) is 29.0 Å². The van der Waals surface area contributed by atoms with Gasteiger partial charge in [0, 0.05) is 30.4 Å². The minimum absolute atomic E-state index is 0.296. The first kappa shape index (κ1) is 13.1. The second-order valence-electron chi connectivity index (χ2n) is 4.77. The molecule has 2 N–H and O–H groups in total. The van der Waals surface area contributed by atoms with Gasteiger partial charge in [-0.3, -0.25) is 4.68 Å². The summed E-state index contributed by atoms with van der Waals surface area (Å²) in [4.78, 5) is 4.65. The molecule has 0 spiro atoms. The number of benzene rings is 1. The molecule has 2 aromatic heterocycles. The Morgan fingerprint density at radius 3 is 2.85 bits per heavy atom. The Hall–Kier alpha value is -1.85. The van der Waals surface area contributed by atoms with E-state index in [1.807, 2.05) is 31.4 Å². The molecule has 0 aliphatic heterocycles. The largest absolute Gasteiger partial charge is 0.327 e. The van der Waals surface area contributed by atoms with E-state index < -0.39 is 0 Å². The summed E-state index contributed by atoms with van der Waals surface area (Å²) in [6, 6.07) is 5.39. The summed E-state index contributed by atoms with van der Waals surface area (Å²) >= 11 is 6.07. The highest BCUT2D eigenvalue weighted by Crippen LogP contribution is 2.25. The van der Waals surface area contributed by atoms with Crippen LogP contribution in [0.1, 0.15) is 24.4 Å². The lowest BCUT2D eigenvalue weighted by molar-refractivity contribution is 0.670. The topological polar surface area (TPSA) is 61.7 Å². The van der Waals surface area contributed by atoms with E-state index in [9.17, 15) is 0 Å². The molecule has 1 unspecified atom stereocenters. The van der Waals surface area contributed by atoms with E-state index in [4.69, 9.17) is 17.3 Å². The first-order valence-electron chi connectivity index (χ1n) is 6.50. The molecule has 20 heavy (non-hydrogen) atoms. The molecule has 1 atom stereocenters. The maximum absolute atomic E-state index is 6.34. The maximum atomic E-state index is 6.34. The van der Waals surface area contributed by atoms with Crippen LogP contribution in [0.5, 0.6) is 0 Å². The van der Waals surface area contributed by atoms with Crippen LogP contribution in [0.2, 0.25) is 5.02 Å². The van der Waals surface area contributed by atoms with E-state index in [-0.39, 0.29) is 6.04 Å². The molecule has 0 aliphatic carbocycles. The molecule has 0 saturated carbocycles. The van der Waals surface area contributed by atoms with Crippen molar-refractivity contribution in [2.75, 3.05) is 0 Å². The Balaban J connectivity index is 2.15. The first-order chi connectivity index (χ1) is 9.60. The molecule has 0 aliphatic rings. The van der Waals surface area contributed by atoms with Crippen molar-refractivity contribution in [1.82, 2.24) is 19.3 Å². The third-order valence-corrected chi connectivity index (χ3v) is 3.65. The number of halogens is 1. The van der Waals surface area contributed by atoms with Gasteiger partial charge in [0.05, 0.1) is 23.3 Å². The fourth-order valence-electron chi connectivity index (χ4n) is 2.43. The van der Waals surface area contributed by atoms with Crippen LogP contribution in [-0.2, 0) is 13.6 Å². The molecule has 0 saturated heterocycles. The summed E-state index contributed by atoms with van der Waals surface area (Å²) < 4.78 is 3.84. The third-order valence-electron chi connectivity index (χ3n) is 3.42. The van der Waals surface area contributed by atoms with Gasteiger partial charge in [-0.2, -0.15) is 5.10 Å². The summed E-state index contributed by atoms with van der Waals surface area (Å²) in [5.41, 5.74) is 9.20. The summed E-state index contributed by atoms with van der Waals surface area (Å²) in [5, 5.41) is 4.87. The Bertz CT molecular complexity index is 758. The van der Waals surface area contributed by atoms with Gasteiger partial charge in [0.25, 0.3) is 0 Å².